The Morgan fingerprint density at radius 2 is 2.12 bits per heavy atom. The molecule has 0 spiro atoms. The van der Waals surface area contributed by atoms with E-state index in [1.807, 2.05) is 6.20 Å². The lowest BCUT2D eigenvalue weighted by Gasteiger charge is -2.21. The van der Waals surface area contributed by atoms with Crippen LogP contribution in [-0.4, -0.2) is 15.3 Å². The van der Waals surface area contributed by atoms with Crippen molar-refractivity contribution in [1.82, 2.24) is 9.38 Å². The number of halogens is 2. The van der Waals surface area contributed by atoms with Gasteiger partial charge in [-0.15, -0.1) is 0 Å². The first-order valence-corrected chi connectivity index (χ1v) is 8.99. The standard InChI is InChI=1S/C19H17Cl2N3O/c1-11-6-7-24-17-9-12(2-5-15(17)22-18(24)8-11)19(25)23-16-10-13(20)3-4-14(16)21/h3-4,6-8,10,12H,2,5,9H2,1H3,(H,23,25). The van der Waals surface area contributed by atoms with Gasteiger partial charge in [-0.2, -0.15) is 0 Å². The van der Waals surface area contributed by atoms with Crippen LogP contribution in [0, 0.1) is 12.8 Å². The van der Waals surface area contributed by atoms with Gasteiger partial charge in [-0.1, -0.05) is 23.2 Å². The van der Waals surface area contributed by atoms with Gasteiger partial charge in [-0.25, -0.2) is 4.98 Å². The van der Waals surface area contributed by atoms with Crippen LogP contribution < -0.4 is 5.32 Å². The van der Waals surface area contributed by atoms with Crippen molar-refractivity contribution in [2.75, 3.05) is 5.32 Å². The number of hydrogen-bond donors (Lipinski definition) is 1. The predicted molar refractivity (Wildman–Crippen MR) is 101 cm³/mol. The molecule has 1 N–H and O–H groups in total. The number of hydrogen-bond acceptors (Lipinski definition) is 2. The van der Waals surface area contributed by atoms with Gasteiger partial charge < -0.3 is 9.72 Å². The van der Waals surface area contributed by atoms with Crippen LogP contribution in [0.15, 0.2) is 36.5 Å². The van der Waals surface area contributed by atoms with E-state index in [1.165, 1.54) is 5.56 Å². The largest absolute Gasteiger partial charge is 0.324 e. The fraction of sp³-hybridized carbons (Fsp3) is 0.263. The van der Waals surface area contributed by atoms with Gasteiger partial charge in [-0.05, 0) is 55.7 Å². The number of carbonyl (C=O) groups is 1. The van der Waals surface area contributed by atoms with E-state index in [9.17, 15) is 4.79 Å². The fourth-order valence-corrected chi connectivity index (χ4v) is 3.70. The maximum absolute atomic E-state index is 12.7. The number of rotatable bonds is 2. The normalized spacial score (nSPS) is 16.7. The van der Waals surface area contributed by atoms with Crippen molar-refractivity contribution in [2.45, 2.75) is 26.2 Å². The summed E-state index contributed by atoms with van der Waals surface area (Å²) in [7, 11) is 0. The number of fused-ring (bicyclic) bond motifs is 3. The average molecular weight is 374 g/mol. The Kier molecular flexibility index (Phi) is 4.18. The molecule has 2 aromatic heterocycles. The van der Waals surface area contributed by atoms with E-state index in [0.717, 1.165) is 29.9 Å². The van der Waals surface area contributed by atoms with Gasteiger partial charge >= 0.3 is 0 Å². The highest BCUT2D eigenvalue weighted by molar-refractivity contribution is 6.35. The van der Waals surface area contributed by atoms with E-state index in [2.05, 4.69) is 28.8 Å². The minimum absolute atomic E-state index is 0.0307. The monoisotopic (exact) mass is 373 g/mol. The molecule has 0 bridgehead atoms. The molecule has 0 aliphatic heterocycles. The summed E-state index contributed by atoms with van der Waals surface area (Å²) in [6.45, 7) is 2.05. The number of carbonyl (C=O) groups excluding carboxylic acids is 1. The molecule has 1 atom stereocenters. The number of amides is 1. The highest BCUT2D eigenvalue weighted by atomic mass is 35.5. The molecular formula is C19H17Cl2N3O. The van der Waals surface area contributed by atoms with Crippen molar-refractivity contribution in [3.05, 3.63) is 63.5 Å². The molecule has 1 unspecified atom stereocenters. The second-order valence-electron chi connectivity index (χ2n) is 6.49. The Hall–Kier alpha value is -2.04. The lowest BCUT2D eigenvalue weighted by Crippen LogP contribution is -2.28. The first kappa shape index (κ1) is 16.4. The summed E-state index contributed by atoms with van der Waals surface area (Å²) in [5.41, 5.74) is 4.90. The second kappa shape index (κ2) is 6.36. The summed E-state index contributed by atoms with van der Waals surface area (Å²) in [6.07, 6.45) is 4.28. The molecule has 4 rings (SSSR count). The highest BCUT2D eigenvalue weighted by Crippen LogP contribution is 2.30. The molecule has 3 aromatic rings. The molecule has 128 valence electrons. The van der Waals surface area contributed by atoms with Crippen LogP contribution in [0.25, 0.3) is 5.65 Å². The molecular weight excluding hydrogens is 357 g/mol. The lowest BCUT2D eigenvalue weighted by molar-refractivity contribution is -0.120. The van der Waals surface area contributed by atoms with Crippen molar-refractivity contribution in [2.24, 2.45) is 5.92 Å². The van der Waals surface area contributed by atoms with Crippen LogP contribution in [-0.2, 0) is 17.6 Å². The lowest BCUT2D eigenvalue weighted by atomic mass is 9.89. The number of nitrogens with zero attached hydrogens (tertiary/aromatic N) is 2. The minimum Gasteiger partial charge on any atom is -0.324 e. The molecule has 1 amide bonds. The summed E-state index contributed by atoms with van der Waals surface area (Å²) in [5, 5.41) is 3.95. The van der Waals surface area contributed by atoms with Gasteiger partial charge in [-0.3, -0.25) is 4.79 Å². The summed E-state index contributed by atoms with van der Waals surface area (Å²) < 4.78 is 2.09. The van der Waals surface area contributed by atoms with Gasteiger partial charge in [0, 0.05) is 29.3 Å². The topological polar surface area (TPSA) is 46.4 Å². The third kappa shape index (κ3) is 3.12. The number of imidazole rings is 1. The Balaban J connectivity index is 1.58. The molecule has 25 heavy (non-hydrogen) atoms. The summed E-state index contributed by atoms with van der Waals surface area (Å²) in [4.78, 5) is 17.4. The Labute approximate surface area is 155 Å². The fourth-order valence-electron chi connectivity index (χ4n) is 3.36. The average Bonchev–Trinajstić information content (AvgIpc) is 2.94. The first-order valence-electron chi connectivity index (χ1n) is 8.23. The van der Waals surface area contributed by atoms with Crippen molar-refractivity contribution >= 4 is 40.4 Å². The minimum atomic E-state index is -0.108. The zero-order valence-corrected chi connectivity index (χ0v) is 15.2. The second-order valence-corrected chi connectivity index (χ2v) is 7.33. The van der Waals surface area contributed by atoms with Crippen LogP contribution in [0.2, 0.25) is 10.0 Å². The van der Waals surface area contributed by atoms with Gasteiger partial charge in [0.25, 0.3) is 0 Å². The third-order valence-electron chi connectivity index (χ3n) is 4.69. The molecule has 4 nitrogen and oxygen atoms in total. The molecule has 1 aliphatic rings. The molecule has 6 heteroatoms. The van der Waals surface area contributed by atoms with Crippen molar-refractivity contribution in [1.29, 1.82) is 0 Å². The zero-order chi connectivity index (χ0) is 17.6. The molecule has 2 heterocycles. The first-order chi connectivity index (χ1) is 12.0. The number of aromatic nitrogens is 2. The highest BCUT2D eigenvalue weighted by Gasteiger charge is 2.28. The zero-order valence-electron chi connectivity index (χ0n) is 13.7. The van der Waals surface area contributed by atoms with E-state index in [4.69, 9.17) is 28.2 Å². The molecule has 0 saturated heterocycles. The number of benzene rings is 1. The third-order valence-corrected chi connectivity index (χ3v) is 5.25. The molecule has 1 aliphatic carbocycles. The van der Waals surface area contributed by atoms with Crippen molar-refractivity contribution < 1.29 is 4.79 Å². The maximum Gasteiger partial charge on any atom is 0.227 e. The quantitative estimate of drug-likeness (QED) is 0.707. The number of aryl methyl sites for hydroxylation is 2. The van der Waals surface area contributed by atoms with Gasteiger partial charge in [0.15, 0.2) is 0 Å². The number of pyridine rings is 1. The number of anilines is 1. The van der Waals surface area contributed by atoms with Crippen molar-refractivity contribution in [3.8, 4) is 0 Å². The number of nitrogens with one attached hydrogen (secondary N) is 1. The summed E-state index contributed by atoms with van der Waals surface area (Å²) in [5.74, 6) is -0.138. The Bertz CT molecular complexity index is 980. The van der Waals surface area contributed by atoms with Crippen LogP contribution in [0.1, 0.15) is 23.4 Å². The molecule has 0 fully saturated rings. The molecule has 0 saturated carbocycles. The Morgan fingerprint density at radius 1 is 1.28 bits per heavy atom. The van der Waals surface area contributed by atoms with Crippen LogP contribution in [0.5, 0.6) is 0 Å². The molecule has 0 radical (unpaired) electrons. The van der Waals surface area contributed by atoms with Gasteiger partial charge in [0.1, 0.15) is 5.65 Å². The summed E-state index contributed by atoms with van der Waals surface area (Å²) >= 11 is 12.1. The molecule has 1 aromatic carbocycles. The van der Waals surface area contributed by atoms with E-state index in [0.29, 0.717) is 22.2 Å². The maximum atomic E-state index is 12.7. The smallest absolute Gasteiger partial charge is 0.227 e. The van der Waals surface area contributed by atoms with Crippen LogP contribution in [0.3, 0.4) is 0 Å². The van der Waals surface area contributed by atoms with Gasteiger partial charge in [0.05, 0.1) is 16.4 Å². The van der Waals surface area contributed by atoms with Crippen LogP contribution >= 0.6 is 23.2 Å². The predicted octanol–water partition coefficient (Wildman–Crippen LogP) is 4.69. The van der Waals surface area contributed by atoms with Crippen molar-refractivity contribution in [3.63, 3.8) is 0 Å². The van der Waals surface area contributed by atoms with Gasteiger partial charge in [0.2, 0.25) is 5.91 Å². The van der Waals surface area contributed by atoms with E-state index in [-0.39, 0.29) is 11.8 Å². The van der Waals surface area contributed by atoms with E-state index >= 15 is 0 Å². The van der Waals surface area contributed by atoms with Crippen LogP contribution in [0.4, 0.5) is 5.69 Å². The summed E-state index contributed by atoms with van der Waals surface area (Å²) in [6, 6.07) is 9.19. The Morgan fingerprint density at radius 3 is 2.96 bits per heavy atom. The van der Waals surface area contributed by atoms with E-state index in [1.54, 1.807) is 18.2 Å². The van der Waals surface area contributed by atoms with E-state index < -0.39 is 0 Å². The SMILES string of the molecule is Cc1ccn2c3c(nc2c1)CCC(C(=O)Nc1cc(Cl)ccc1Cl)C3.